The van der Waals surface area contributed by atoms with Crippen molar-refractivity contribution in [3.63, 3.8) is 0 Å². The molecule has 18 heavy (non-hydrogen) atoms. The minimum atomic E-state index is -0.247. The van der Waals surface area contributed by atoms with Crippen molar-refractivity contribution in [2.24, 2.45) is 0 Å². The first-order valence-corrected chi connectivity index (χ1v) is 7.05. The summed E-state index contributed by atoms with van der Waals surface area (Å²) in [6, 6.07) is -0.381. The minimum absolute atomic E-state index is 0.133. The predicted molar refractivity (Wildman–Crippen MR) is 71.3 cm³/mol. The van der Waals surface area contributed by atoms with Crippen LogP contribution >= 0.6 is 0 Å². The Balaban J connectivity index is 2.43. The van der Waals surface area contributed by atoms with Crippen LogP contribution in [0.5, 0.6) is 0 Å². The highest BCUT2D eigenvalue weighted by Gasteiger charge is 2.30. The van der Waals surface area contributed by atoms with Crippen LogP contribution in [0.15, 0.2) is 0 Å². The molecule has 104 valence electrons. The molecule has 0 spiro atoms. The molecule has 5 heteroatoms. The molecule has 1 fully saturated rings. The van der Waals surface area contributed by atoms with Gasteiger partial charge in [0.05, 0.1) is 6.67 Å². The molecule has 1 aliphatic heterocycles. The summed E-state index contributed by atoms with van der Waals surface area (Å²) in [5.41, 5.74) is 0. The van der Waals surface area contributed by atoms with Crippen LogP contribution in [0.4, 0.5) is 9.59 Å². The van der Waals surface area contributed by atoms with E-state index in [1.807, 2.05) is 0 Å². The Labute approximate surface area is 110 Å². The summed E-state index contributed by atoms with van der Waals surface area (Å²) in [5, 5.41) is 2.76. The molecule has 0 unspecified atom stereocenters. The third-order valence-electron chi connectivity index (χ3n) is 3.18. The van der Waals surface area contributed by atoms with Gasteiger partial charge in [-0.1, -0.05) is 39.5 Å². The molecule has 0 bridgehead atoms. The summed E-state index contributed by atoms with van der Waals surface area (Å²) < 4.78 is 0. The van der Waals surface area contributed by atoms with E-state index >= 15 is 0 Å². The first-order valence-electron chi connectivity index (χ1n) is 7.05. The Kier molecular flexibility index (Phi) is 6.54. The maximum Gasteiger partial charge on any atom is 0.329 e. The summed E-state index contributed by atoms with van der Waals surface area (Å²) >= 11 is 0. The molecule has 1 saturated heterocycles. The molecule has 1 heterocycles. The quantitative estimate of drug-likeness (QED) is 0.678. The SMILES string of the molecule is CCCCCN1CNC(=O)N(CCCCC)C1=O. The molecule has 0 aliphatic carbocycles. The van der Waals surface area contributed by atoms with E-state index in [0.717, 1.165) is 45.1 Å². The first kappa shape index (κ1) is 14.8. The molecule has 0 aromatic heterocycles. The molecular weight excluding hydrogens is 230 g/mol. The fourth-order valence-electron chi connectivity index (χ4n) is 2.03. The van der Waals surface area contributed by atoms with Crippen LogP contribution in [0.3, 0.4) is 0 Å². The second-order valence-electron chi connectivity index (χ2n) is 4.75. The number of nitrogens with one attached hydrogen (secondary N) is 1. The van der Waals surface area contributed by atoms with Crippen molar-refractivity contribution in [3.8, 4) is 0 Å². The van der Waals surface area contributed by atoms with Gasteiger partial charge in [-0.05, 0) is 12.8 Å². The van der Waals surface area contributed by atoms with Gasteiger partial charge in [0.1, 0.15) is 0 Å². The minimum Gasteiger partial charge on any atom is -0.320 e. The smallest absolute Gasteiger partial charge is 0.320 e. The van der Waals surface area contributed by atoms with Crippen molar-refractivity contribution in [1.82, 2.24) is 15.1 Å². The van der Waals surface area contributed by atoms with Gasteiger partial charge in [0, 0.05) is 13.1 Å². The first-order chi connectivity index (χ1) is 8.70. The van der Waals surface area contributed by atoms with Gasteiger partial charge >= 0.3 is 12.1 Å². The number of carbonyl (C=O) groups is 2. The van der Waals surface area contributed by atoms with Gasteiger partial charge in [-0.25, -0.2) is 14.5 Å². The van der Waals surface area contributed by atoms with Crippen molar-refractivity contribution in [2.75, 3.05) is 19.8 Å². The zero-order valence-corrected chi connectivity index (χ0v) is 11.6. The molecule has 1 aliphatic rings. The van der Waals surface area contributed by atoms with Crippen LogP contribution in [0.2, 0.25) is 0 Å². The van der Waals surface area contributed by atoms with Gasteiger partial charge in [-0.3, -0.25) is 0 Å². The molecule has 4 amide bonds. The Bertz CT molecular complexity index is 281. The van der Waals surface area contributed by atoms with E-state index in [4.69, 9.17) is 0 Å². The van der Waals surface area contributed by atoms with E-state index in [2.05, 4.69) is 19.2 Å². The van der Waals surface area contributed by atoms with Crippen LogP contribution in [-0.2, 0) is 0 Å². The Morgan fingerprint density at radius 1 is 1.00 bits per heavy atom. The highest BCUT2D eigenvalue weighted by atomic mass is 16.2. The number of urea groups is 2. The standard InChI is InChI=1S/C13H25N3O2/c1-3-5-7-9-15-11-14-12(17)16(13(15)18)10-8-6-4-2/h3-11H2,1-2H3,(H,14,17). The van der Waals surface area contributed by atoms with Gasteiger partial charge in [0.2, 0.25) is 0 Å². The van der Waals surface area contributed by atoms with Crippen molar-refractivity contribution in [2.45, 2.75) is 52.4 Å². The van der Waals surface area contributed by atoms with E-state index in [1.165, 1.54) is 4.90 Å². The Morgan fingerprint density at radius 3 is 2.22 bits per heavy atom. The molecular formula is C13H25N3O2. The number of imide groups is 1. The van der Waals surface area contributed by atoms with Crippen LogP contribution in [0.25, 0.3) is 0 Å². The molecule has 5 nitrogen and oxygen atoms in total. The molecule has 0 aromatic rings. The van der Waals surface area contributed by atoms with Gasteiger partial charge < -0.3 is 10.2 Å². The zero-order valence-electron chi connectivity index (χ0n) is 11.6. The van der Waals surface area contributed by atoms with E-state index in [0.29, 0.717) is 13.2 Å². The summed E-state index contributed by atoms with van der Waals surface area (Å²) in [6.45, 7) is 5.86. The highest BCUT2D eigenvalue weighted by Crippen LogP contribution is 2.09. The van der Waals surface area contributed by atoms with Gasteiger partial charge in [-0.15, -0.1) is 0 Å². The molecule has 0 saturated carbocycles. The lowest BCUT2D eigenvalue weighted by atomic mass is 10.2. The van der Waals surface area contributed by atoms with Crippen LogP contribution < -0.4 is 5.32 Å². The van der Waals surface area contributed by atoms with Gasteiger partial charge in [0.25, 0.3) is 0 Å². The second-order valence-corrected chi connectivity index (χ2v) is 4.75. The Hall–Kier alpha value is -1.26. The van der Waals surface area contributed by atoms with Crippen molar-refractivity contribution >= 4 is 12.1 Å². The second kappa shape index (κ2) is 7.95. The van der Waals surface area contributed by atoms with E-state index in [9.17, 15) is 9.59 Å². The topological polar surface area (TPSA) is 52.7 Å². The average Bonchev–Trinajstić information content (AvgIpc) is 2.36. The summed E-state index contributed by atoms with van der Waals surface area (Å²) in [4.78, 5) is 26.8. The molecule has 0 radical (unpaired) electrons. The number of carbonyl (C=O) groups excluding carboxylic acids is 2. The van der Waals surface area contributed by atoms with Crippen molar-refractivity contribution in [1.29, 1.82) is 0 Å². The molecule has 0 aromatic carbocycles. The van der Waals surface area contributed by atoms with E-state index in [1.54, 1.807) is 4.90 Å². The maximum absolute atomic E-state index is 12.1. The number of rotatable bonds is 8. The monoisotopic (exact) mass is 255 g/mol. The van der Waals surface area contributed by atoms with Crippen molar-refractivity contribution < 1.29 is 9.59 Å². The zero-order chi connectivity index (χ0) is 13.4. The summed E-state index contributed by atoms with van der Waals surface area (Å²) in [5.74, 6) is 0. The van der Waals surface area contributed by atoms with Gasteiger partial charge in [0.15, 0.2) is 0 Å². The molecule has 1 N–H and O–H groups in total. The fourth-order valence-corrected chi connectivity index (χ4v) is 2.03. The summed E-state index contributed by atoms with van der Waals surface area (Å²) in [7, 11) is 0. The Morgan fingerprint density at radius 2 is 1.61 bits per heavy atom. The lowest BCUT2D eigenvalue weighted by Gasteiger charge is -2.34. The van der Waals surface area contributed by atoms with Crippen LogP contribution in [0.1, 0.15) is 52.4 Å². The van der Waals surface area contributed by atoms with E-state index in [-0.39, 0.29) is 12.1 Å². The summed E-state index contributed by atoms with van der Waals surface area (Å²) in [6.07, 6.45) is 6.28. The molecule has 0 atom stereocenters. The normalized spacial score (nSPS) is 16.1. The lowest BCUT2D eigenvalue weighted by molar-refractivity contribution is 0.130. The highest BCUT2D eigenvalue weighted by molar-refractivity contribution is 5.95. The van der Waals surface area contributed by atoms with E-state index < -0.39 is 0 Å². The lowest BCUT2D eigenvalue weighted by Crippen LogP contribution is -2.59. The predicted octanol–water partition coefficient (Wildman–Crippen LogP) is 2.77. The largest absolute Gasteiger partial charge is 0.329 e. The molecule has 1 rings (SSSR count). The van der Waals surface area contributed by atoms with Crippen molar-refractivity contribution in [3.05, 3.63) is 0 Å². The van der Waals surface area contributed by atoms with Gasteiger partial charge in [-0.2, -0.15) is 0 Å². The van der Waals surface area contributed by atoms with Crippen LogP contribution in [0, 0.1) is 0 Å². The number of nitrogens with zero attached hydrogens (tertiary/aromatic N) is 2. The number of unbranched alkanes of at least 4 members (excludes halogenated alkanes) is 4. The number of amides is 4. The average molecular weight is 255 g/mol. The number of hydrogen-bond donors (Lipinski definition) is 1. The third-order valence-corrected chi connectivity index (χ3v) is 3.18. The fraction of sp³-hybridized carbons (Fsp3) is 0.846. The van der Waals surface area contributed by atoms with Crippen LogP contribution in [-0.4, -0.2) is 41.6 Å². The number of hydrogen-bond acceptors (Lipinski definition) is 2. The third kappa shape index (κ3) is 4.20. The maximum atomic E-state index is 12.1.